The molecule has 0 aliphatic carbocycles. The van der Waals surface area contributed by atoms with E-state index in [-0.39, 0.29) is 6.03 Å². The first kappa shape index (κ1) is 21.1. The second-order valence-electron chi connectivity index (χ2n) is 7.56. The maximum atomic E-state index is 13.8. The second kappa shape index (κ2) is 9.01. The van der Waals surface area contributed by atoms with Crippen molar-refractivity contribution in [3.63, 3.8) is 0 Å². The molecule has 164 valence electrons. The van der Waals surface area contributed by atoms with Crippen molar-refractivity contribution in [3.05, 3.63) is 101 Å². The van der Waals surface area contributed by atoms with Gasteiger partial charge in [0.2, 0.25) is 5.95 Å². The lowest BCUT2D eigenvalue weighted by atomic mass is 10.1. The van der Waals surface area contributed by atoms with Crippen molar-refractivity contribution < 1.29 is 4.79 Å². The number of amides is 2. The summed E-state index contributed by atoms with van der Waals surface area (Å²) in [6, 6.07) is 24.8. The predicted molar refractivity (Wildman–Crippen MR) is 134 cm³/mol. The summed E-state index contributed by atoms with van der Waals surface area (Å²) in [6.07, 6.45) is 1.77. The summed E-state index contributed by atoms with van der Waals surface area (Å²) in [5.41, 5.74) is 9.98. The number of hydrogen-bond acceptors (Lipinski definition) is 5. The molecular weight excluding hydrogens is 480 g/mol. The minimum Gasteiger partial charge on any atom is -0.326 e. The Bertz CT molecular complexity index is 1310. The Morgan fingerprint density at radius 1 is 1.00 bits per heavy atom. The molecule has 8 heteroatoms. The average Bonchev–Trinajstić information content (AvgIpc) is 2.85. The van der Waals surface area contributed by atoms with Crippen LogP contribution in [0.25, 0.3) is 0 Å². The number of nitrogens with one attached hydrogen (secondary N) is 1. The topological polar surface area (TPSA) is 87.4 Å². The molecule has 2 heterocycles. The third-order valence-corrected chi connectivity index (χ3v) is 6.05. The zero-order valence-electron chi connectivity index (χ0n) is 17.6. The van der Waals surface area contributed by atoms with Crippen LogP contribution in [0.5, 0.6) is 0 Å². The van der Waals surface area contributed by atoms with Crippen LogP contribution in [0.3, 0.4) is 0 Å². The number of carbonyl (C=O) groups excluding carboxylic acids is 1. The van der Waals surface area contributed by atoms with Crippen LogP contribution in [0.1, 0.15) is 11.1 Å². The molecule has 0 atom stereocenters. The number of nitrogens with two attached hydrogens (primary N) is 1. The number of carbonyl (C=O) groups is 1. The van der Waals surface area contributed by atoms with Crippen LogP contribution in [0.4, 0.5) is 33.6 Å². The van der Waals surface area contributed by atoms with Gasteiger partial charge in [0.15, 0.2) is 5.82 Å². The van der Waals surface area contributed by atoms with E-state index in [1.165, 1.54) is 0 Å². The van der Waals surface area contributed by atoms with Gasteiger partial charge in [-0.15, -0.1) is 0 Å². The van der Waals surface area contributed by atoms with Crippen molar-refractivity contribution >= 4 is 50.8 Å². The molecule has 7 nitrogen and oxygen atoms in total. The lowest BCUT2D eigenvalue weighted by molar-refractivity contribution is 0.252. The lowest BCUT2D eigenvalue weighted by Gasteiger charge is -2.36. The maximum Gasteiger partial charge on any atom is 0.335 e. The smallest absolute Gasteiger partial charge is 0.326 e. The number of rotatable bonds is 5. The fourth-order valence-corrected chi connectivity index (χ4v) is 4.28. The molecule has 3 N–H and O–H groups in total. The molecule has 0 bridgehead atoms. The number of anilines is 5. The number of benzene rings is 3. The van der Waals surface area contributed by atoms with Crippen LogP contribution < -0.4 is 20.9 Å². The minimum atomic E-state index is -0.201. The Morgan fingerprint density at radius 2 is 1.79 bits per heavy atom. The van der Waals surface area contributed by atoms with Crippen LogP contribution in [0, 0.1) is 0 Å². The first-order valence-corrected chi connectivity index (χ1v) is 11.3. The van der Waals surface area contributed by atoms with Crippen LogP contribution >= 0.6 is 15.9 Å². The minimum absolute atomic E-state index is 0.201. The molecule has 4 aromatic rings. The van der Waals surface area contributed by atoms with E-state index in [0.717, 1.165) is 27.0 Å². The molecular formula is C25H21BrN6O. The molecule has 33 heavy (non-hydrogen) atoms. The van der Waals surface area contributed by atoms with Crippen LogP contribution in [0.2, 0.25) is 0 Å². The quantitative estimate of drug-likeness (QED) is 0.365. The van der Waals surface area contributed by atoms with Gasteiger partial charge < -0.3 is 11.1 Å². The molecule has 1 aliphatic heterocycles. The number of hydrogen-bond donors (Lipinski definition) is 2. The Labute approximate surface area is 200 Å². The third kappa shape index (κ3) is 4.18. The highest BCUT2D eigenvalue weighted by Gasteiger charge is 2.35. The first-order valence-electron chi connectivity index (χ1n) is 10.5. The fraction of sp³-hybridized carbons (Fsp3) is 0.0800. The molecule has 1 aliphatic rings. The van der Waals surface area contributed by atoms with Gasteiger partial charge in [-0.05, 0) is 57.9 Å². The summed E-state index contributed by atoms with van der Waals surface area (Å²) in [5, 5.41) is 3.21. The van der Waals surface area contributed by atoms with Gasteiger partial charge in [0.25, 0.3) is 0 Å². The van der Waals surface area contributed by atoms with E-state index < -0.39 is 0 Å². The van der Waals surface area contributed by atoms with Crippen molar-refractivity contribution in [2.75, 3.05) is 15.1 Å². The van der Waals surface area contributed by atoms with Gasteiger partial charge in [-0.25, -0.2) is 14.7 Å². The maximum absolute atomic E-state index is 13.8. The highest BCUT2D eigenvalue weighted by atomic mass is 79.9. The monoisotopic (exact) mass is 500 g/mol. The zero-order chi connectivity index (χ0) is 22.8. The van der Waals surface area contributed by atoms with Gasteiger partial charge in [-0.3, -0.25) is 4.90 Å². The Morgan fingerprint density at radius 3 is 2.58 bits per heavy atom. The van der Waals surface area contributed by atoms with Gasteiger partial charge in [0.1, 0.15) is 0 Å². The normalized spacial score (nSPS) is 13.1. The Kier molecular flexibility index (Phi) is 5.77. The highest BCUT2D eigenvalue weighted by molar-refractivity contribution is 9.10. The SMILES string of the molecule is NCc1cccc(N2C(=O)N(c3ccccc3Br)Cc3cnc(Nc4ccccc4)nc32)c1. The Balaban J connectivity index is 1.62. The fourth-order valence-electron chi connectivity index (χ4n) is 3.78. The molecule has 1 aromatic heterocycles. The van der Waals surface area contributed by atoms with Crippen LogP contribution in [-0.2, 0) is 13.1 Å². The van der Waals surface area contributed by atoms with E-state index >= 15 is 0 Å². The van der Waals surface area contributed by atoms with Gasteiger partial charge in [0.05, 0.1) is 17.9 Å². The summed E-state index contributed by atoms with van der Waals surface area (Å²) < 4.78 is 0.834. The summed E-state index contributed by atoms with van der Waals surface area (Å²) in [6.45, 7) is 0.733. The standard InChI is InChI=1S/C25H21BrN6O/c26-21-11-4-5-12-22(21)31-16-18-15-28-24(29-19-8-2-1-3-9-19)30-23(18)32(25(31)33)20-10-6-7-17(13-20)14-27/h1-13,15H,14,16,27H2,(H,28,29,30). The van der Waals surface area contributed by atoms with E-state index in [0.29, 0.717) is 30.5 Å². The van der Waals surface area contributed by atoms with Gasteiger partial charge in [-0.1, -0.05) is 42.5 Å². The second-order valence-corrected chi connectivity index (χ2v) is 8.42. The van der Waals surface area contributed by atoms with Crippen molar-refractivity contribution in [1.82, 2.24) is 9.97 Å². The molecule has 0 saturated carbocycles. The van der Waals surface area contributed by atoms with Crippen LogP contribution in [-0.4, -0.2) is 16.0 Å². The first-order chi connectivity index (χ1) is 16.1. The molecule has 0 saturated heterocycles. The van der Waals surface area contributed by atoms with E-state index in [9.17, 15) is 4.79 Å². The number of nitrogens with zero attached hydrogens (tertiary/aromatic N) is 4. The number of halogens is 1. The van der Waals surface area contributed by atoms with Crippen molar-refractivity contribution in [2.24, 2.45) is 5.73 Å². The Hall–Kier alpha value is -3.75. The van der Waals surface area contributed by atoms with E-state index in [2.05, 4.69) is 26.2 Å². The van der Waals surface area contributed by atoms with Gasteiger partial charge in [0, 0.05) is 28.5 Å². The number of aromatic nitrogens is 2. The molecule has 2 amide bonds. The van der Waals surface area contributed by atoms with Crippen LogP contribution in [0.15, 0.2) is 89.5 Å². The van der Waals surface area contributed by atoms with Gasteiger partial charge >= 0.3 is 6.03 Å². The molecule has 0 fully saturated rings. The number of para-hydroxylation sites is 2. The van der Waals surface area contributed by atoms with E-state index in [1.54, 1.807) is 16.0 Å². The summed E-state index contributed by atoms with van der Waals surface area (Å²) >= 11 is 3.58. The largest absolute Gasteiger partial charge is 0.335 e. The lowest BCUT2D eigenvalue weighted by Crippen LogP contribution is -2.45. The van der Waals surface area contributed by atoms with E-state index in [1.807, 2.05) is 78.9 Å². The molecule has 0 spiro atoms. The van der Waals surface area contributed by atoms with E-state index in [4.69, 9.17) is 10.7 Å². The number of urea groups is 1. The summed E-state index contributed by atoms with van der Waals surface area (Å²) in [7, 11) is 0. The molecule has 0 unspecified atom stereocenters. The van der Waals surface area contributed by atoms with Crippen molar-refractivity contribution in [2.45, 2.75) is 13.1 Å². The zero-order valence-corrected chi connectivity index (χ0v) is 19.2. The van der Waals surface area contributed by atoms with Crippen molar-refractivity contribution in [3.8, 4) is 0 Å². The van der Waals surface area contributed by atoms with Crippen molar-refractivity contribution in [1.29, 1.82) is 0 Å². The highest BCUT2D eigenvalue weighted by Crippen LogP contribution is 2.38. The average molecular weight is 501 g/mol. The summed E-state index contributed by atoms with van der Waals surface area (Å²) in [4.78, 5) is 26.4. The summed E-state index contributed by atoms with van der Waals surface area (Å²) in [5.74, 6) is 0.966. The predicted octanol–water partition coefficient (Wildman–Crippen LogP) is 5.72. The molecule has 5 rings (SSSR count). The molecule has 3 aromatic carbocycles. The van der Waals surface area contributed by atoms with Gasteiger partial charge in [-0.2, -0.15) is 4.98 Å². The third-order valence-electron chi connectivity index (χ3n) is 5.38. The molecule has 0 radical (unpaired) electrons. The number of fused-ring (bicyclic) bond motifs is 1.